The highest BCUT2D eigenvalue weighted by Crippen LogP contribution is 2.23. The maximum absolute atomic E-state index is 12.7. The first-order valence-electron chi connectivity index (χ1n) is 8.72. The molecule has 2 aliphatic heterocycles. The molecule has 0 N–H and O–H groups in total. The van der Waals surface area contributed by atoms with Gasteiger partial charge in [0, 0.05) is 32.6 Å². The van der Waals surface area contributed by atoms with Gasteiger partial charge in [0.15, 0.2) is 9.84 Å². The third-order valence-electron chi connectivity index (χ3n) is 5.04. The van der Waals surface area contributed by atoms with Gasteiger partial charge in [-0.25, -0.2) is 16.8 Å². The van der Waals surface area contributed by atoms with Gasteiger partial charge in [-0.15, -0.1) is 0 Å². The monoisotopic (exact) mass is 400 g/mol. The highest BCUT2D eigenvalue weighted by atomic mass is 32.2. The van der Waals surface area contributed by atoms with E-state index >= 15 is 0 Å². The number of carbonyl (C=O) groups excluding carboxylic acids is 1. The maximum Gasteiger partial charge on any atom is 0.243 e. The molecule has 7 nitrogen and oxygen atoms in total. The number of piperazine rings is 1. The third-order valence-corrected chi connectivity index (χ3v) is 8.79. The van der Waals surface area contributed by atoms with Crippen LogP contribution < -0.4 is 0 Å². The Bertz CT molecular complexity index is 870. The summed E-state index contributed by atoms with van der Waals surface area (Å²) < 4.78 is 49.8. The molecule has 26 heavy (non-hydrogen) atoms. The van der Waals surface area contributed by atoms with Crippen molar-refractivity contribution in [1.29, 1.82) is 0 Å². The minimum atomic E-state index is -3.55. The minimum Gasteiger partial charge on any atom is -0.340 e. The van der Waals surface area contributed by atoms with Crippen LogP contribution in [0.1, 0.15) is 18.4 Å². The summed E-state index contributed by atoms with van der Waals surface area (Å²) in [7, 11) is -6.54. The number of benzene rings is 1. The Morgan fingerprint density at radius 1 is 1.12 bits per heavy atom. The minimum absolute atomic E-state index is 0.0838. The van der Waals surface area contributed by atoms with Gasteiger partial charge < -0.3 is 4.90 Å². The fourth-order valence-electron chi connectivity index (χ4n) is 3.45. The third kappa shape index (κ3) is 4.27. The molecule has 1 aromatic carbocycles. The molecule has 0 saturated carbocycles. The van der Waals surface area contributed by atoms with Gasteiger partial charge in [0.2, 0.25) is 15.9 Å². The van der Waals surface area contributed by atoms with Crippen LogP contribution >= 0.6 is 0 Å². The molecule has 0 bridgehead atoms. The van der Waals surface area contributed by atoms with E-state index in [1.165, 1.54) is 4.31 Å². The lowest BCUT2D eigenvalue weighted by molar-refractivity contribution is -0.133. The molecule has 1 atom stereocenters. The van der Waals surface area contributed by atoms with E-state index in [0.29, 0.717) is 19.5 Å². The number of carbonyl (C=O) groups is 1. The van der Waals surface area contributed by atoms with Crippen molar-refractivity contribution in [3.8, 4) is 0 Å². The molecule has 144 valence electrons. The molecule has 0 aromatic heterocycles. The van der Waals surface area contributed by atoms with Gasteiger partial charge in [-0.2, -0.15) is 4.31 Å². The molecule has 1 amide bonds. The Labute approximate surface area is 155 Å². The van der Waals surface area contributed by atoms with Crippen molar-refractivity contribution in [3.05, 3.63) is 29.8 Å². The average molecular weight is 401 g/mol. The summed E-state index contributed by atoms with van der Waals surface area (Å²) >= 11 is 0. The summed E-state index contributed by atoms with van der Waals surface area (Å²) in [4.78, 5) is 14.3. The topological polar surface area (TPSA) is 91.8 Å². The molecular weight excluding hydrogens is 376 g/mol. The van der Waals surface area contributed by atoms with E-state index in [1.54, 1.807) is 29.2 Å². The molecule has 2 fully saturated rings. The number of aryl methyl sites for hydroxylation is 1. The summed E-state index contributed by atoms with van der Waals surface area (Å²) in [5.41, 5.74) is 0.994. The Kier molecular flexibility index (Phi) is 5.41. The molecular formula is C17H24N2O5S2. The van der Waals surface area contributed by atoms with Crippen LogP contribution in [0, 0.1) is 12.8 Å². The Hall–Kier alpha value is -1.45. The number of hydrogen-bond donors (Lipinski definition) is 0. The van der Waals surface area contributed by atoms with Crippen molar-refractivity contribution in [3.63, 3.8) is 0 Å². The summed E-state index contributed by atoms with van der Waals surface area (Å²) in [5, 5.41) is 0. The van der Waals surface area contributed by atoms with Gasteiger partial charge in [0.05, 0.1) is 16.4 Å². The Morgan fingerprint density at radius 3 is 2.27 bits per heavy atom. The van der Waals surface area contributed by atoms with Gasteiger partial charge in [0.1, 0.15) is 0 Å². The van der Waals surface area contributed by atoms with Crippen LogP contribution in [0.4, 0.5) is 0 Å². The number of rotatable bonds is 4. The lowest BCUT2D eigenvalue weighted by atomic mass is 10.0. The Morgan fingerprint density at radius 2 is 1.73 bits per heavy atom. The SMILES string of the molecule is Cc1ccc(S(=O)(=O)N2CCN(C(=O)C[C@@H]3CCS(=O)(=O)C3)CC2)cc1. The molecule has 2 heterocycles. The molecule has 0 radical (unpaired) electrons. The van der Waals surface area contributed by atoms with Gasteiger partial charge in [-0.3, -0.25) is 4.79 Å². The first-order valence-corrected chi connectivity index (χ1v) is 12.0. The zero-order chi connectivity index (χ0) is 18.9. The summed E-state index contributed by atoms with van der Waals surface area (Å²) in [5.74, 6) is 0.0508. The quantitative estimate of drug-likeness (QED) is 0.740. The van der Waals surface area contributed by atoms with E-state index in [1.807, 2.05) is 6.92 Å². The normalized spacial score (nSPS) is 23.9. The summed E-state index contributed by atoms with van der Waals surface area (Å²) in [6, 6.07) is 6.73. The molecule has 0 spiro atoms. The van der Waals surface area contributed by atoms with E-state index in [-0.39, 0.29) is 47.7 Å². The zero-order valence-electron chi connectivity index (χ0n) is 14.8. The van der Waals surface area contributed by atoms with Gasteiger partial charge in [-0.1, -0.05) is 17.7 Å². The summed E-state index contributed by atoms with van der Waals surface area (Å²) in [6.45, 7) is 3.08. The summed E-state index contributed by atoms with van der Waals surface area (Å²) in [6.07, 6.45) is 0.764. The second kappa shape index (κ2) is 7.28. The molecule has 0 aliphatic carbocycles. The second-order valence-electron chi connectivity index (χ2n) is 7.07. The molecule has 2 aliphatic rings. The average Bonchev–Trinajstić information content (AvgIpc) is 2.94. The fraction of sp³-hybridized carbons (Fsp3) is 0.588. The van der Waals surface area contributed by atoms with Crippen molar-refractivity contribution in [2.45, 2.75) is 24.7 Å². The molecule has 0 unspecified atom stereocenters. The maximum atomic E-state index is 12.7. The first kappa shape index (κ1) is 19.3. The van der Waals surface area contributed by atoms with Crippen LogP contribution in [0.15, 0.2) is 29.2 Å². The fourth-order valence-corrected chi connectivity index (χ4v) is 6.73. The van der Waals surface area contributed by atoms with E-state index in [9.17, 15) is 21.6 Å². The number of sulfonamides is 1. The lowest BCUT2D eigenvalue weighted by Gasteiger charge is -2.34. The number of amides is 1. The highest BCUT2D eigenvalue weighted by molar-refractivity contribution is 7.91. The molecule has 3 rings (SSSR count). The van der Waals surface area contributed by atoms with E-state index in [4.69, 9.17) is 0 Å². The van der Waals surface area contributed by atoms with Crippen LogP contribution in [0.25, 0.3) is 0 Å². The van der Waals surface area contributed by atoms with Crippen molar-refractivity contribution in [1.82, 2.24) is 9.21 Å². The van der Waals surface area contributed by atoms with Crippen LogP contribution in [0.5, 0.6) is 0 Å². The van der Waals surface area contributed by atoms with Gasteiger partial charge in [0.25, 0.3) is 0 Å². The van der Waals surface area contributed by atoms with Crippen molar-refractivity contribution >= 4 is 25.8 Å². The number of nitrogens with zero attached hydrogens (tertiary/aromatic N) is 2. The zero-order valence-corrected chi connectivity index (χ0v) is 16.4. The van der Waals surface area contributed by atoms with Crippen molar-refractivity contribution in [2.75, 3.05) is 37.7 Å². The Balaban J connectivity index is 1.57. The number of sulfone groups is 1. The lowest BCUT2D eigenvalue weighted by Crippen LogP contribution is -2.50. The van der Waals surface area contributed by atoms with E-state index in [2.05, 4.69) is 0 Å². The van der Waals surface area contributed by atoms with Gasteiger partial charge in [-0.05, 0) is 31.4 Å². The molecule has 2 saturated heterocycles. The van der Waals surface area contributed by atoms with Crippen LogP contribution in [0.2, 0.25) is 0 Å². The highest BCUT2D eigenvalue weighted by Gasteiger charge is 2.33. The largest absolute Gasteiger partial charge is 0.340 e. The molecule has 1 aromatic rings. The van der Waals surface area contributed by atoms with E-state index in [0.717, 1.165) is 5.56 Å². The van der Waals surface area contributed by atoms with E-state index < -0.39 is 19.9 Å². The van der Waals surface area contributed by atoms with Crippen LogP contribution in [0.3, 0.4) is 0 Å². The van der Waals surface area contributed by atoms with Crippen LogP contribution in [-0.2, 0) is 24.7 Å². The predicted molar refractivity (Wildman–Crippen MR) is 97.9 cm³/mol. The predicted octanol–water partition coefficient (Wildman–Crippen LogP) is 0.653. The van der Waals surface area contributed by atoms with Crippen molar-refractivity contribution < 1.29 is 21.6 Å². The van der Waals surface area contributed by atoms with Gasteiger partial charge >= 0.3 is 0 Å². The smallest absolute Gasteiger partial charge is 0.243 e. The standard InChI is InChI=1S/C17H24N2O5S2/c1-14-2-4-16(5-3-14)26(23,24)19-9-7-18(8-10-19)17(20)12-15-6-11-25(21,22)13-15/h2-5,15H,6-13H2,1H3/t15-/m0/s1. The molecule has 9 heteroatoms. The second-order valence-corrected chi connectivity index (χ2v) is 11.2. The number of hydrogen-bond acceptors (Lipinski definition) is 5. The van der Waals surface area contributed by atoms with Crippen molar-refractivity contribution in [2.24, 2.45) is 5.92 Å². The first-order chi connectivity index (χ1) is 12.2. The van der Waals surface area contributed by atoms with Crippen LogP contribution in [-0.4, -0.2) is 69.6 Å².